The van der Waals surface area contributed by atoms with Gasteiger partial charge in [-0.1, -0.05) is 24.6 Å². The molecular formula is C10H19N. The van der Waals surface area contributed by atoms with Gasteiger partial charge in [0.05, 0.1) is 0 Å². The molecule has 11 heavy (non-hydrogen) atoms. The van der Waals surface area contributed by atoms with Gasteiger partial charge in [-0.05, 0) is 32.2 Å². The summed E-state index contributed by atoms with van der Waals surface area (Å²) in [5.74, 6) is 0.587. The second kappa shape index (κ2) is 6.17. The van der Waals surface area contributed by atoms with Crippen LogP contribution in [0.25, 0.3) is 0 Å². The molecule has 0 aliphatic heterocycles. The Hall–Kier alpha value is -0.560. The quantitative estimate of drug-likeness (QED) is 0.603. The molecule has 0 bridgehead atoms. The molecule has 0 rings (SSSR count). The molecular weight excluding hydrogens is 134 g/mol. The van der Waals surface area contributed by atoms with E-state index in [-0.39, 0.29) is 0 Å². The third kappa shape index (κ3) is 5.86. The minimum absolute atomic E-state index is 0.587. The maximum absolute atomic E-state index is 5.38. The summed E-state index contributed by atoms with van der Waals surface area (Å²) in [6, 6.07) is 0. The molecule has 0 spiro atoms. The number of rotatable bonds is 5. The van der Waals surface area contributed by atoms with Crippen molar-refractivity contribution in [3.63, 3.8) is 0 Å². The Morgan fingerprint density at radius 1 is 1.64 bits per heavy atom. The van der Waals surface area contributed by atoms with Gasteiger partial charge in [-0.3, -0.25) is 0 Å². The number of nitrogens with two attached hydrogens (primary N) is 1. The highest BCUT2D eigenvalue weighted by atomic mass is 14.5. The van der Waals surface area contributed by atoms with Crippen molar-refractivity contribution in [1.29, 1.82) is 0 Å². The zero-order chi connectivity index (χ0) is 8.69. The Morgan fingerprint density at radius 2 is 2.27 bits per heavy atom. The molecule has 1 nitrogen and oxygen atoms in total. The number of allylic oxidation sites excluding steroid dienone is 2. The fourth-order valence-corrected chi connectivity index (χ4v) is 1.00. The molecule has 0 heterocycles. The topological polar surface area (TPSA) is 26.0 Å². The highest BCUT2D eigenvalue weighted by molar-refractivity contribution is 5.01. The van der Waals surface area contributed by atoms with E-state index in [0.717, 1.165) is 19.4 Å². The first-order valence-corrected chi connectivity index (χ1v) is 4.19. The maximum Gasteiger partial charge on any atom is -0.00425 e. The van der Waals surface area contributed by atoms with Crippen molar-refractivity contribution in [3.8, 4) is 0 Å². The van der Waals surface area contributed by atoms with Crippen molar-refractivity contribution in [2.45, 2.75) is 26.7 Å². The molecule has 0 saturated carbocycles. The van der Waals surface area contributed by atoms with Crippen LogP contribution in [0, 0.1) is 5.92 Å². The molecule has 0 fully saturated rings. The van der Waals surface area contributed by atoms with E-state index >= 15 is 0 Å². The first-order valence-electron chi connectivity index (χ1n) is 4.19. The average molecular weight is 153 g/mol. The van der Waals surface area contributed by atoms with Gasteiger partial charge < -0.3 is 5.73 Å². The van der Waals surface area contributed by atoms with Gasteiger partial charge >= 0.3 is 0 Å². The van der Waals surface area contributed by atoms with Crippen LogP contribution in [0.5, 0.6) is 0 Å². The zero-order valence-corrected chi connectivity index (χ0v) is 7.64. The highest BCUT2D eigenvalue weighted by Crippen LogP contribution is 2.11. The predicted molar refractivity (Wildman–Crippen MR) is 51.4 cm³/mol. The number of hydrogen-bond donors (Lipinski definition) is 1. The molecule has 0 amide bonds. The first kappa shape index (κ1) is 10.4. The lowest BCUT2D eigenvalue weighted by Crippen LogP contribution is -1.97. The van der Waals surface area contributed by atoms with Crippen molar-refractivity contribution in [1.82, 2.24) is 0 Å². The van der Waals surface area contributed by atoms with Crippen molar-refractivity contribution in [2.75, 3.05) is 6.54 Å². The normalized spacial score (nSPS) is 14.6. The highest BCUT2D eigenvalue weighted by Gasteiger charge is 1.95. The summed E-state index contributed by atoms with van der Waals surface area (Å²) in [6.07, 6.45) is 6.30. The zero-order valence-electron chi connectivity index (χ0n) is 7.64. The molecule has 64 valence electrons. The monoisotopic (exact) mass is 153 g/mol. The van der Waals surface area contributed by atoms with Gasteiger partial charge in [-0.2, -0.15) is 0 Å². The summed E-state index contributed by atoms with van der Waals surface area (Å²) < 4.78 is 0. The molecule has 2 N–H and O–H groups in total. The van der Waals surface area contributed by atoms with E-state index in [1.807, 2.05) is 6.08 Å². The SMILES string of the molecule is C=C[C@@H](C)C/C(C)=C\CCN. The van der Waals surface area contributed by atoms with Gasteiger partial charge in [0.25, 0.3) is 0 Å². The molecule has 0 saturated heterocycles. The van der Waals surface area contributed by atoms with Gasteiger partial charge in [-0.25, -0.2) is 0 Å². The van der Waals surface area contributed by atoms with Crippen LogP contribution >= 0.6 is 0 Å². The van der Waals surface area contributed by atoms with E-state index in [9.17, 15) is 0 Å². The molecule has 1 atom stereocenters. The van der Waals surface area contributed by atoms with E-state index in [2.05, 4.69) is 26.5 Å². The molecule has 0 aliphatic rings. The van der Waals surface area contributed by atoms with E-state index in [4.69, 9.17) is 5.73 Å². The summed E-state index contributed by atoms with van der Waals surface area (Å²) in [4.78, 5) is 0. The summed E-state index contributed by atoms with van der Waals surface area (Å²) in [5.41, 5.74) is 6.79. The summed E-state index contributed by atoms with van der Waals surface area (Å²) in [7, 11) is 0. The van der Waals surface area contributed by atoms with Crippen LogP contribution in [0.3, 0.4) is 0 Å². The van der Waals surface area contributed by atoms with Crippen LogP contribution in [-0.2, 0) is 0 Å². The van der Waals surface area contributed by atoms with Crippen LogP contribution in [0.2, 0.25) is 0 Å². The first-order chi connectivity index (χ1) is 5.20. The van der Waals surface area contributed by atoms with Crippen LogP contribution in [0.15, 0.2) is 24.3 Å². The molecule has 0 aromatic carbocycles. The molecule has 0 aliphatic carbocycles. The average Bonchev–Trinajstić information content (AvgIpc) is 2.00. The van der Waals surface area contributed by atoms with E-state index in [0.29, 0.717) is 5.92 Å². The predicted octanol–water partition coefficient (Wildman–Crippen LogP) is 2.49. The second-order valence-electron chi connectivity index (χ2n) is 3.04. The van der Waals surface area contributed by atoms with Gasteiger partial charge in [0, 0.05) is 0 Å². The van der Waals surface area contributed by atoms with E-state index in [1.54, 1.807) is 0 Å². The maximum atomic E-state index is 5.38. The van der Waals surface area contributed by atoms with Gasteiger partial charge in [0.1, 0.15) is 0 Å². The third-order valence-corrected chi connectivity index (χ3v) is 1.71. The fraction of sp³-hybridized carbons (Fsp3) is 0.600. The molecule has 1 heteroatoms. The summed E-state index contributed by atoms with van der Waals surface area (Å²) >= 11 is 0. The van der Waals surface area contributed by atoms with Crippen molar-refractivity contribution in [3.05, 3.63) is 24.3 Å². The largest absolute Gasteiger partial charge is 0.330 e. The molecule has 0 aromatic rings. The summed E-state index contributed by atoms with van der Waals surface area (Å²) in [6.45, 7) is 8.81. The lowest BCUT2D eigenvalue weighted by atomic mass is 10.0. The van der Waals surface area contributed by atoms with Crippen molar-refractivity contribution >= 4 is 0 Å². The number of hydrogen-bond acceptors (Lipinski definition) is 1. The summed E-state index contributed by atoms with van der Waals surface area (Å²) in [5, 5.41) is 0. The fourth-order valence-electron chi connectivity index (χ4n) is 1.00. The Kier molecular flexibility index (Phi) is 5.86. The Labute approximate surface area is 70.0 Å². The Balaban J connectivity index is 3.65. The van der Waals surface area contributed by atoms with E-state index < -0.39 is 0 Å². The van der Waals surface area contributed by atoms with Crippen LogP contribution in [0.4, 0.5) is 0 Å². The van der Waals surface area contributed by atoms with Gasteiger partial charge in [0.15, 0.2) is 0 Å². The van der Waals surface area contributed by atoms with Crippen molar-refractivity contribution < 1.29 is 0 Å². The Morgan fingerprint density at radius 3 is 2.73 bits per heavy atom. The lowest BCUT2D eigenvalue weighted by molar-refractivity contribution is 0.714. The minimum Gasteiger partial charge on any atom is -0.330 e. The minimum atomic E-state index is 0.587. The Bertz CT molecular complexity index is 136. The third-order valence-electron chi connectivity index (χ3n) is 1.71. The van der Waals surface area contributed by atoms with Crippen LogP contribution in [-0.4, -0.2) is 6.54 Å². The lowest BCUT2D eigenvalue weighted by Gasteiger charge is -2.04. The van der Waals surface area contributed by atoms with Gasteiger partial charge in [-0.15, -0.1) is 6.58 Å². The molecule has 0 radical (unpaired) electrons. The van der Waals surface area contributed by atoms with E-state index in [1.165, 1.54) is 5.57 Å². The molecule has 0 unspecified atom stereocenters. The smallest absolute Gasteiger partial charge is 0.00425 e. The van der Waals surface area contributed by atoms with Gasteiger partial charge in [0.2, 0.25) is 0 Å². The second-order valence-corrected chi connectivity index (χ2v) is 3.04. The van der Waals surface area contributed by atoms with Crippen LogP contribution < -0.4 is 5.73 Å². The standard InChI is InChI=1S/C10H19N/c1-4-9(2)8-10(3)6-5-7-11/h4,6,9H,1,5,7-8,11H2,2-3H3/b10-6-/t9-/m1/s1. The van der Waals surface area contributed by atoms with Crippen LogP contribution in [0.1, 0.15) is 26.7 Å². The van der Waals surface area contributed by atoms with Crippen molar-refractivity contribution in [2.24, 2.45) is 11.7 Å². The molecule has 0 aromatic heterocycles.